The van der Waals surface area contributed by atoms with Crippen LogP contribution < -0.4 is 9.47 Å². The predicted octanol–water partition coefficient (Wildman–Crippen LogP) is 4.85. The molecule has 1 aromatic heterocycles. The van der Waals surface area contributed by atoms with Crippen LogP contribution in [0, 0.1) is 6.92 Å². The predicted molar refractivity (Wildman–Crippen MR) is 81.5 cm³/mol. The van der Waals surface area contributed by atoms with Crippen LogP contribution in [-0.4, -0.2) is 14.2 Å². The first kappa shape index (κ1) is 14.5. The van der Waals surface area contributed by atoms with E-state index in [1.807, 2.05) is 31.2 Å². The second kappa shape index (κ2) is 6.01. The van der Waals surface area contributed by atoms with E-state index in [4.69, 9.17) is 13.9 Å². The van der Waals surface area contributed by atoms with Gasteiger partial charge < -0.3 is 13.9 Å². The van der Waals surface area contributed by atoms with Crippen LogP contribution in [0.15, 0.2) is 33.2 Å². The zero-order valence-electron chi connectivity index (χ0n) is 10.9. The molecule has 0 amide bonds. The molecule has 0 saturated carbocycles. The van der Waals surface area contributed by atoms with Gasteiger partial charge in [-0.15, -0.1) is 0 Å². The van der Waals surface area contributed by atoms with Crippen molar-refractivity contribution in [1.82, 2.24) is 0 Å². The van der Waals surface area contributed by atoms with Crippen molar-refractivity contribution in [2.24, 2.45) is 0 Å². The van der Waals surface area contributed by atoms with Gasteiger partial charge in [-0.2, -0.15) is 0 Å². The van der Waals surface area contributed by atoms with Crippen LogP contribution in [0.2, 0.25) is 0 Å². The Morgan fingerprint density at radius 2 is 1.84 bits per heavy atom. The molecule has 3 nitrogen and oxygen atoms in total. The highest BCUT2D eigenvalue weighted by molar-refractivity contribution is 9.10. The lowest BCUT2D eigenvalue weighted by Crippen LogP contribution is -1.98. The Kier molecular flexibility index (Phi) is 4.58. The highest BCUT2D eigenvalue weighted by atomic mass is 79.9. The third-order valence-electron chi connectivity index (χ3n) is 2.80. The Bertz CT molecular complexity index is 578. The van der Waals surface area contributed by atoms with Gasteiger partial charge >= 0.3 is 0 Å². The number of rotatable bonds is 4. The van der Waals surface area contributed by atoms with Gasteiger partial charge in [0.15, 0.2) is 0 Å². The quantitative estimate of drug-likeness (QED) is 0.700. The van der Waals surface area contributed by atoms with E-state index in [-0.39, 0.29) is 4.83 Å². The van der Waals surface area contributed by atoms with Crippen molar-refractivity contribution in [3.63, 3.8) is 0 Å². The SMILES string of the molecule is COc1ccc(C(Br)c2ccc(C)o2)c(OC)c1Br. The van der Waals surface area contributed by atoms with E-state index in [0.29, 0.717) is 0 Å². The van der Waals surface area contributed by atoms with E-state index in [1.165, 1.54) is 0 Å². The van der Waals surface area contributed by atoms with Crippen molar-refractivity contribution in [3.05, 3.63) is 45.8 Å². The molecule has 102 valence electrons. The van der Waals surface area contributed by atoms with Crippen molar-refractivity contribution >= 4 is 31.9 Å². The summed E-state index contributed by atoms with van der Waals surface area (Å²) in [5, 5.41) is 0. The third-order valence-corrected chi connectivity index (χ3v) is 4.50. The number of hydrogen-bond acceptors (Lipinski definition) is 3. The van der Waals surface area contributed by atoms with Gasteiger partial charge in [-0.3, -0.25) is 0 Å². The Labute approximate surface area is 129 Å². The highest BCUT2D eigenvalue weighted by Gasteiger charge is 2.21. The molecule has 0 radical (unpaired) electrons. The third kappa shape index (κ3) is 2.82. The van der Waals surface area contributed by atoms with Gasteiger partial charge in [0.2, 0.25) is 0 Å². The molecular weight excluding hydrogens is 376 g/mol. The van der Waals surface area contributed by atoms with E-state index in [1.54, 1.807) is 14.2 Å². The molecule has 1 aromatic carbocycles. The number of halogens is 2. The molecule has 1 unspecified atom stereocenters. The first-order chi connectivity index (χ1) is 9.08. The van der Waals surface area contributed by atoms with Gasteiger partial charge in [0.05, 0.1) is 14.2 Å². The average molecular weight is 390 g/mol. The summed E-state index contributed by atoms with van der Waals surface area (Å²) in [6.07, 6.45) is 0. The van der Waals surface area contributed by atoms with E-state index in [0.717, 1.165) is 33.1 Å². The lowest BCUT2D eigenvalue weighted by molar-refractivity contribution is 0.385. The molecule has 5 heteroatoms. The Hall–Kier alpha value is -0.940. The maximum atomic E-state index is 5.65. The fraction of sp³-hybridized carbons (Fsp3) is 0.286. The maximum Gasteiger partial charge on any atom is 0.141 e. The minimum atomic E-state index is -0.0710. The number of benzene rings is 1. The second-order valence-electron chi connectivity index (χ2n) is 4.02. The summed E-state index contributed by atoms with van der Waals surface area (Å²) >= 11 is 7.14. The fourth-order valence-corrected chi connectivity index (χ4v) is 3.15. The number of ether oxygens (including phenoxy) is 2. The molecule has 19 heavy (non-hydrogen) atoms. The van der Waals surface area contributed by atoms with E-state index < -0.39 is 0 Å². The Morgan fingerprint density at radius 3 is 2.37 bits per heavy atom. The first-order valence-corrected chi connectivity index (χ1v) is 7.40. The standard InChI is InChI=1S/C14H14Br2O3/c1-8-4-6-11(19-8)12(15)9-5-7-10(17-2)13(16)14(9)18-3/h4-7,12H,1-3H3. The molecule has 2 rings (SSSR count). The molecule has 0 spiro atoms. The van der Waals surface area contributed by atoms with Crippen LogP contribution in [0.5, 0.6) is 11.5 Å². The molecule has 0 saturated heterocycles. The molecule has 2 aromatic rings. The number of aryl methyl sites for hydroxylation is 1. The first-order valence-electron chi connectivity index (χ1n) is 5.69. The monoisotopic (exact) mass is 388 g/mol. The van der Waals surface area contributed by atoms with Gasteiger partial charge in [0, 0.05) is 5.56 Å². The maximum absolute atomic E-state index is 5.65. The minimum Gasteiger partial charge on any atom is -0.495 e. The van der Waals surface area contributed by atoms with Crippen LogP contribution in [0.25, 0.3) is 0 Å². The zero-order valence-corrected chi connectivity index (χ0v) is 14.0. The summed E-state index contributed by atoms with van der Waals surface area (Å²) in [6, 6.07) is 7.74. The number of hydrogen-bond donors (Lipinski definition) is 0. The lowest BCUT2D eigenvalue weighted by atomic mass is 10.1. The van der Waals surface area contributed by atoms with Gasteiger partial charge in [0.25, 0.3) is 0 Å². The van der Waals surface area contributed by atoms with Crippen molar-refractivity contribution < 1.29 is 13.9 Å². The van der Waals surface area contributed by atoms with E-state index in [9.17, 15) is 0 Å². The zero-order chi connectivity index (χ0) is 14.0. The van der Waals surface area contributed by atoms with Crippen LogP contribution in [0.4, 0.5) is 0 Å². The molecule has 0 aliphatic rings. The van der Waals surface area contributed by atoms with Crippen molar-refractivity contribution in [2.45, 2.75) is 11.8 Å². The van der Waals surface area contributed by atoms with Gasteiger partial charge in [-0.05, 0) is 47.1 Å². The van der Waals surface area contributed by atoms with Crippen molar-refractivity contribution in [2.75, 3.05) is 14.2 Å². The smallest absolute Gasteiger partial charge is 0.141 e. The summed E-state index contributed by atoms with van der Waals surface area (Å²) in [4.78, 5) is -0.0710. The summed E-state index contributed by atoms with van der Waals surface area (Å²) in [5.41, 5.74) is 0.976. The normalized spacial score (nSPS) is 12.3. The van der Waals surface area contributed by atoms with Crippen LogP contribution in [0.1, 0.15) is 21.9 Å². The number of methoxy groups -OCH3 is 2. The van der Waals surface area contributed by atoms with Crippen LogP contribution >= 0.6 is 31.9 Å². The molecule has 0 fully saturated rings. The van der Waals surface area contributed by atoms with Crippen LogP contribution in [-0.2, 0) is 0 Å². The Morgan fingerprint density at radius 1 is 1.11 bits per heavy atom. The second-order valence-corrected chi connectivity index (χ2v) is 5.72. The van der Waals surface area contributed by atoms with Gasteiger partial charge in [0.1, 0.15) is 32.3 Å². The molecule has 1 heterocycles. The summed E-state index contributed by atoms with van der Waals surface area (Å²) in [7, 11) is 3.26. The van der Waals surface area contributed by atoms with Gasteiger partial charge in [-0.1, -0.05) is 15.9 Å². The van der Waals surface area contributed by atoms with Gasteiger partial charge in [-0.25, -0.2) is 0 Å². The number of furan rings is 1. The topological polar surface area (TPSA) is 31.6 Å². The molecule has 0 aliphatic carbocycles. The number of alkyl halides is 1. The summed E-state index contributed by atoms with van der Waals surface area (Å²) < 4.78 is 17.2. The van der Waals surface area contributed by atoms with E-state index >= 15 is 0 Å². The highest BCUT2D eigenvalue weighted by Crippen LogP contribution is 2.44. The lowest BCUT2D eigenvalue weighted by Gasteiger charge is -2.16. The minimum absolute atomic E-state index is 0.0710. The molecule has 0 aliphatic heterocycles. The van der Waals surface area contributed by atoms with Crippen molar-refractivity contribution in [3.8, 4) is 11.5 Å². The molecule has 0 N–H and O–H groups in total. The molecular formula is C14H14Br2O3. The Balaban J connectivity index is 2.47. The van der Waals surface area contributed by atoms with E-state index in [2.05, 4.69) is 31.9 Å². The average Bonchev–Trinajstić information content (AvgIpc) is 2.84. The largest absolute Gasteiger partial charge is 0.495 e. The summed E-state index contributed by atoms with van der Waals surface area (Å²) in [6.45, 7) is 1.92. The van der Waals surface area contributed by atoms with Crippen LogP contribution in [0.3, 0.4) is 0 Å². The molecule has 0 bridgehead atoms. The fourth-order valence-electron chi connectivity index (χ4n) is 1.86. The van der Waals surface area contributed by atoms with Crippen molar-refractivity contribution in [1.29, 1.82) is 0 Å². The summed E-state index contributed by atoms with van der Waals surface area (Å²) in [5.74, 6) is 3.19. The molecule has 1 atom stereocenters.